The number of aromatic nitrogens is 1. The molecule has 2 rings (SSSR count). The number of nitrogens with zero attached hydrogens (tertiary/aromatic N) is 2. The molecule has 1 aromatic heterocycles. The van der Waals surface area contributed by atoms with Crippen molar-refractivity contribution in [3.63, 3.8) is 0 Å². The molecular formula is C14H11N3O3. The third kappa shape index (κ3) is 3.23. The van der Waals surface area contributed by atoms with Gasteiger partial charge in [-0.3, -0.25) is 4.79 Å². The number of aryl methyl sites for hydroxylation is 1. The number of amides is 1. The van der Waals surface area contributed by atoms with E-state index < -0.39 is 5.91 Å². The first kappa shape index (κ1) is 13.4. The number of hydrogen-bond donors (Lipinski definition) is 2. The van der Waals surface area contributed by atoms with E-state index in [9.17, 15) is 9.90 Å². The largest absolute Gasteiger partial charge is 0.508 e. The van der Waals surface area contributed by atoms with E-state index in [0.717, 1.165) is 0 Å². The van der Waals surface area contributed by atoms with E-state index in [0.29, 0.717) is 11.3 Å². The first-order valence-corrected chi connectivity index (χ1v) is 5.74. The van der Waals surface area contributed by atoms with Crippen molar-refractivity contribution in [2.75, 3.05) is 5.32 Å². The van der Waals surface area contributed by atoms with Crippen molar-refractivity contribution >= 4 is 17.8 Å². The van der Waals surface area contributed by atoms with Crippen LogP contribution in [0.4, 0.5) is 5.82 Å². The van der Waals surface area contributed by atoms with E-state index in [-0.39, 0.29) is 17.1 Å². The molecule has 0 saturated heterocycles. The van der Waals surface area contributed by atoms with Crippen molar-refractivity contribution in [3.05, 3.63) is 47.2 Å². The molecule has 2 N–H and O–H groups in total. The van der Waals surface area contributed by atoms with Gasteiger partial charge in [-0.1, -0.05) is 17.3 Å². The number of carbonyl (C=O) groups is 1. The average molecular weight is 269 g/mol. The van der Waals surface area contributed by atoms with Crippen LogP contribution in [0, 0.1) is 18.3 Å². The summed E-state index contributed by atoms with van der Waals surface area (Å²) in [7, 11) is 0. The quantitative estimate of drug-likeness (QED) is 0.657. The van der Waals surface area contributed by atoms with Crippen molar-refractivity contribution < 1.29 is 14.4 Å². The van der Waals surface area contributed by atoms with Gasteiger partial charge in [-0.05, 0) is 30.7 Å². The van der Waals surface area contributed by atoms with Gasteiger partial charge in [0, 0.05) is 6.07 Å². The molecule has 0 fully saturated rings. The van der Waals surface area contributed by atoms with Crippen LogP contribution in [-0.2, 0) is 4.79 Å². The zero-order valence-corrected chi connectivity index (χ0v) is 10.6. The average Bonchev–Trinajstić information content (AvgIpc) is 2.83. The van der Waals surface area contributed by atoms with Gasteiger partial charge in [0.1, 0.15) is 23.2 Å². The fourth-order valence-electron chi connectivity index (χ4n) is 1.49. The molecule has 1 heterocycles. The SMILES string of the molecule is Cc1cc(NC(=O)/C(C#N)=C\c2ccc(O)cc2)no1. The topological polar surface area (TPSA) is 99.2 Å². The van der Waals surface area contributed by atoms with E-state index in [1.54, 1.807) is 25.1 Å². The lowest BCUT2D eigenvalue weighted by atomic mass is 10.1. The van der Waals surface area contributed by atoms with Crippen LogP contribution in [0.25, 0.3) is 6.08 Å². The zero-order chi connectivity index (χ0) is 14.5. The van der Waals surface area contributed by atoms with Crippen LogP contribution in [0.3, 0.4) is 0 Å². The monoisotopic (exact) mass is 269 g/mol. The summed E-state index contributed by atoms with van der Waals surface area (Å²) in [5, 5.41) is 24.3. The van der Waals surface area contributed by atoms with Gasteiger partial charge in [-0.25, -0.2) is 0 Å². The molecule has 0 unspecified atom stereocenters. The smallest absolute Gasteiger partial charge is 0.267 e. The summed E-state index contributed by atoms with van der Waals surface area (Å²) in [6.07, 6.45) is 1.42. The summed E-state index contributed by atoms with van der Waals surface area (Å²) >= 11 is 0. The Hall–Kier alpha value is -3.07. The molecule has 0 aliphatic carbocycles. The van der Waals surface area contributed by atoms with Gasteiger partial charge in [0.25, 0.3) is 5.91 Å². The molecule has 1 aromatic carbocycles. The molecule has 2 aromatic rings. The molecule has 0 spiro atoms. The molecule has 1 amide bonds. The minimum atomic E-state index is -0.575. The van der Waals surface area contributed by atoms with Crippen molar-refractivity contribution in [2.45, 2.75) is 6.92 Å². The number of hydrogen-bond acceptors (Lipinski definition) is 5. The maximum absolute atomic E-state index is 11.9. The molecule has 20 heavy (non-hydrogen) atoms. The zero-order valence-electron chi connectivity index (χ0n) is 10.6. The second-order valence-electron chi connectivity index (χ2n) is 4.04. The number of carbonyl (C=O) groups excluding carboxylic acids is 1. The predicted molar refractivity (Wildman–Crippen MR) is 71.6 cm³/mol. The van der Waals surface area contributed by atoms with Crippen molar-refractivity contribution in [1.29, 1.82) is 5.26 Å². The molecular weight excluding hydrogens is 258 g/mol. The van der Waals surface area contributed by atoms with Crippen LogP contribution in [0.2, 0.25) is 0 Å². The van der Waals surface area contributed by atoms with Gasteiger partial charge in [0.2, 0.25) is 0 Å². The van der Waals surface area contributed by atoms with Gasteiger partial charge in [0.15, 0.2) is 5.82 Å². The molecule has 0 saturated carbocycles. The van der Waals surface area contributed by atoms with Gasteiger partial charge in [-0.2, -0.15) is 5.26 Å². The van der Waals surface area contributed by atoms with Gasteiger partial charge < -0.3 is 14.9 Å². The lowest BCUT2D eigenvalue weighted by molar-refractivity contribution is -0.112. The minimum Gasteiger partial charge on any atom is -0.508 e. The lowest BCUT2D eigenvalue weighted by Crippen LogP contribution is -2.13. The summed E-state index contributed by atoms with van der Waals surface area (Å²) in [5.74, 6) is 0.345. The fourth-order valence-corrected chi connectivity index (χ4v) is 1.49. The Kier molecular flexibility index (Phi) is 3.82. The van der Waals surface area contributed by atoms with Crippen molar-refractivity contribution in [1.82, 2.24) is 5.16 Å². The number of phenolic OH excluding ortho intramolecular Hbond substituents is 1. The summed E-state index contributed by atoms with van der Waals surface area (Å²) < 4.78 is 4.82. The molecule has 6 heteroatoms. The number of benzene rings is 1. The maximum Gasteiger partial charge on any atom is 0.267 e. The normalized spacial score (nSPS) is 10.9. The van der Waals surface area contributed by atoms with Crippen LogP contribution in [0.15, 0.2) is 40.4 Å². The third-order valence-electron chi connectivity index (χ3n) is 2.44. The Balaban J connectivity index is 2.17. The van der Waals surface area contributed by atoms with Crippen LogP contribution in [0.1, 0.15) is 11.3 Å². The Bertz CT molecular complexity index is 693. The van der Waals surface area contributed by atoms with E-state index in [2.05, 4.69) is 10.5 Å². The molecule has 0 aliphatic heterocycles. The van der Waals surface area contributed by atoms with Crippen LogP contribution < -0.4 is 5.32 Å². The number of phenols is 1. The highest BCUT2D eigenvalue weighted by atomic mass is 16.5. The third-order valence-corrected chi connectivity index (χ3v) is 2.44. The van der Waals surface area contributed by atoms with Crippen molar-refractivity contribution in [3.8, 4) is 11.8 Å². The highest BCUT2D eigenvalue weighted by Crippen LogP contribution is 2.14. The second-order valence-corrected chi connectivity index (χ2v) is 4.04. The second kappa shape index (κ2) is 5.71. The fraction of sp³-hybridized carbons (Fsp3) is 0.0714. The number of aromatic hydroxyl groups is 1. The first-order chi connectivity index (χ1) is 9.58. The summed E-state index contributed by atoms with van der Waals surface area (Å²) in [5.41, 5.74) is 0.558. The maximum atomic E-state index is 11.9. The van der Waals surface area contributed by atoms with E-state index in [4.69, 9.17) is 9.78 Å². The summed E-state index contributed by atoms with van der Waals surface area (Å²) in [6, 6.07) is 9.51. The van der Waals surface area contributed by atoms with E-state index >= 15 is 0 Å². The lowest BCUT2D eigenvalue weighted by Gasteiger charge is -2.00. The number of nitrogens with one attached hydrogen (secondary N) is 1. The van der Waals surface area contributed by atoms with Crippen LogP contribution in [-0.4, -0.2) is 16.2 Å². The molecule has 0 aliphatic rings. The Morgan fingerprint density at radius 3 is 2.70 bits per heavy atom. The molecule has 0 radical (unpaired) electrons. The number of nitriles is 1. The number of rotatable bonds is 3. The predicted octanol–water partition coefficient (Wildman–Crippen LogP) is 2.23. The molecule has 0 bridgehead atoms. The molecule has 6 nitrogen and oxygen atoms in total. The summed E-state index contributed by atoms with van der Waals surface area (Å²) in [6.45, 7) is 1.69. The minimum absolute atomic E-state index is 0.0728. The standard InChI is InChI=1S/C14H11N3O3/c1-9-6-13(17-20-9)16-14(19)11(8-15)7-10-2-4-12(18)5-3-10/h2-7,18H,1H3,(H,16,17,19)/b11-7-. The molecule has 0 atom stereocenters. The van der Waals surface area contributed by atoms with Gasteiger partial charge in [0.05, 0.1) is 0 Å². The van der Waals surface area contributed by atoms with E-state index in [1.807, 2.05) is 6.07 Å². The van der Waals surface area contributed by atoms with E-state index in [1.165, 1.54) is 18.2 Å². The Labute approximate surface area is 114 Å². The Morgan fingerprint density at radius 1 is 1.45 bits per heavy atom. The number of anilines is 1. The summed E-state index contributed by atoms with van der Waals surface area (Å²) in [4.78, 5) is 11.9. The van der Waals surface area contributed by atoms with Gasteiger partial charge in [-0.15, -0.1) is 0 Å². The van der Waals surface area contributed by atoms with Gasteiger partial charge >= 0.3 is 0 Å². The van der Waals surface area contributed by atoms with Crippen molar-refractivity contribution in [2.24, 2.45) is 0 Å². The Morgan fingerprint density at radius 2 is 2.15 bits per heavy atom. The van der Waals surface area contributed by atoms with Crippen LogP contribution in [0.5, 0.6) is 5.75 Å². The molecule has 100 valence electrons. The highest BCUT2D eigenvalue weighted by molar-refractivity contribution is 6.09. The first-order valence-electron chi connectivity index (χ1n) is 5.74. The van der Waals surface area contributed by atoms with Crippen LogP contribution >= 0.6 is 0 Å². The highest BCUT2D eigenvalue weighted by Gasteiger charge is 2.11.